The van der Waals surface area contributed by atoms with Gasteiger partial charge in [0.25, 0.3) is 10.0 Å². The molecule has 3 rings (SSSR count). The molecule has 0 saturated carbocycles. The van der Waals surface area contributed by atoms with E-state index in [2.05, 4.69) is 30.4 Å². The number of hydrogen-bond donors (Lipinski definition) is 2. The third-order valence-corrected chi connectivity index (χ3v) is 6.75. The van der Waals surface area contributed by atoms with Gasteiger partial charge in [0.1, 0.15) is 0 Å². The number of hydrogen-bond acceptors (Lipinski definition) is 5. The Hall–Kier alpha value is -2.58. The molecular formula is C22H29N3O4S. The summed E-state index contributed by atoms with van der Waals surface area (Å²) < 4.78 is 28.1. The second-order valence-electron chi connectivity index (χ2n) is 8.71. The third kappa shape index (κ3) is 4.94. The molecule has 162 valence electrons. The molecule has 0 aliphatic carbocycles. The molecular weight excluding hydrogens is 402 g/mol. The first kappa shape index (κ1) is 22.1. The van der Waals surface area contributed by atoms with Crippen molar-refractivity contribution in [1.29, 1.82) is 0 Å². The predicted molar refractivity (Wildman–Crippen MR) is 119 cm³/mol. The highest BCUT2D eigenvalue weighted by molar-refractivity contribution is 7.92. The Balaban J connectivity index is 1.85. The number of nitrogens with zero attached hydrogens (tertiary/aromatic N) is 2. The molecule has 0 unspecified atom stereocenters. The van der Waals surface area contributed by atoms with Crippen LogP contribution in [0.4, 0.5) is 11.4 Å². The molecule has 2 aromatic carbocycles. The molecule has 0 bridgehead atoms. The lowest BCUT2D eigenvalue weighted by Crippen LogP contribution is -2.45. The van der Waals surface area contributed by atoms with Crippen molar-refractivity contribution in [2.24, 2.45) is 0 Å². The van der Waals surface area contributed by atoms with Crippen molar-refractivity contribution in [3.8, 4) is 0 Å². The minimum Gasteiger partial charge on any atom is -0.478 e. The van der Waals surface area contributed by atoms with Crippen LogP contribution in [0, 0.1) is 0 Å². The lowest BCUT2D eigenvalue weighted by atomic mass is 9.87. The first-order valence-electron chi connectivity index (χ1n) is 9.91. The van der Waals surface area contributed by atoms with Gasteiger partial charge in [-0.15, -0.1) is 0 Å². The monoisotopic (exact) mass is 431 g/mol. The Morgan fingerprint density at radius 2 is 1.60 bits per heavy atom. The van der Waals surface area contributed by atoms with Gasteiger partial charge in [-0.05, 0) is 48.4 Å². The average Bonchev–Trinajstić information content (AvgIpc) is 2.68. The van der Waals surface area contributed by atoms with Crippen LogP contribution in [0.2, 0.25) is 0 Å². The fourth-order valence-corrected chi connectivity index (χ4v) is 4.49. The second-order valence-corrected chi connectivity index (χ2v) is 10.4. The molecule has 0 aromatic heterocycles. The van der Waals surface area contributed by atoms with E-state index in [9.17, 15) is 18.3 Å². The van der Waals surface area contributed by atoms with Crippen LogP contribution in [0.5, 0.6) is 0 Å². The fraction of sp³-hybridized carbons (Fsp3) is 0.409. The Kier molecular flexibility index (Phi) is 6.10. The fourth-order valence-electron chi connectivity index (χ4n) is 3.44. The molecule has 1 heterocycles. The highest BCUT2D eigenvalue weighted by Crippen LogP contribution is 2.28. The van der Waals surface area contributed by atoms with Gasteiger partial charge in [-0.2, -0.15) is 0 Å². The summed E-state index contributed by atoms with van der Waals surface area (Å²) >= 11 is 0. The number of likely N-dealkylation sites (N-methyl/N-ethyl adjacent to an activating group) is 1. The van der Waals surface area contributed by atoms with Crippen LogP contribution in [-0.4, -0.2) is 57.6 Å². The van der Waals surface area contributed by atoms with Crippen LogP contribution in [0.1, 0.15) is 36.7 Å². The van der Waals surface area contributed by atoms with Gasteiger partial charge in [-0.3, -0.25) is 4.72 Å². The Labute approximate surface area is 178 Å². The molecule has 2 N–H and O–H groups in total. The van der Waals surface area contributed by atoms with Crippen molar-refractivity contribution < 1.29 is 18.3 Å². The summed E-state index contributed by atoms with van der Waals surface area (Å²) in [6.07, 6.45) is 0. The lowest BCUT2D eigenvalue weighted by Gasteiger charge is -2.34. The summed E-state index contributed by atoms with van der Waals surface area (Å²) in [6, 6.07) is 11.4. The zero-order valence-electron chi connectivity index (χ0n) is 17.8. The van der Waals surface area contributed by atoms with E-state index >= 15 is 0 Å². The smallest absolute Gasteiger partial charge is 0.337 e. The van der Waals surface area contributed by atoms with Crippen LogP contribution < -0.4 is 9.62 Å². The highest BCUT2D eigenvalue weighted by atomic mass is 32.2. The van der Waals surface area contributed by atoms with Gasteiger partial charge in [0, 0.05) is 31.9 Å². The number of aromatic carboxylic acids is 1. The van der Waals surface area contributed by atoms with Crippen molar-refractivity contribution in [2.45, 2.75) is 31.1 Å². The summed E-state index contributed by atoms with van der Waals surface area (Å²) in [5.41, 5.74) is 1.87. The minimum absolute atomic E-state index is 0.0782. The number of carboxylic acid groups (broad SMARTS) is 1. The van der Waals surface area contributed by atoms with E-state index in [4.69, 9.17) is 0 Å². The molecule has 1 saturated heterocycles. The zero-order valence-corrected chi connectivity index (χ0v) is 18.7. The van der Waals surface area contributed by atoms with Gasteiger partial charge in [0.2, 0.25) is 0 Å². The Morgan fingerprint density at radius 3 is 2.13 bits per heavy atom. The summed E-state index contributed by atoms with van der Waals surface area (Å²) in [4.78, 5) is 16.2. The number of rotatable bonds is 5. The maximum Gasteiger partial charge on any atom is 0.337 e. The van der Waals surface area contributed by atoms with Crippen molar-refractivity contribution in [3.63, 3.8) is 0 Å². The average molecular weight is 432 g/mol. The molecule has 0 spiro atoms. The van der Waals surface area contributed by atoms with Gasteiger partial charge in [-0.25, -0.2) is 13.2 Å². The predicted octanol–water partition coefficient (Wildman–Crippen LogP) is 3.23. The largest absolute Gasteiger partial charge is 0.478 e. The van der Waals surface area contributed by atoms with Crippen LogP contribution in [-0.2, 0) is 15.4 Å². The summed E-state index contributed by atoms with van der Waals surface area (Å²) in [7, 11) is -1.80. The third-order valence-electron chi connectivity index (χ3n) is 5.35. The highest BCUT2D eigenvalue weighted by Gasteiger charge is 2.22. The van der Waals surface area contributed by atoms with Crippen molar-refractivity contribution in [1.82, 2.24) is 4.90 Å². The van der Waals surface area contributed by atoms with Crippen LogP contribution >= 0.6 is 0 Å². The zero-order chi connectivity index (χ0) is 22.1. The second kappa shape index (κ2) is 8.28. The molecule has 1 aliphatic rings. The molecule has 8 heteroatoms. The number of benzene rings is 2. The van der Waals surface area contributed by atoms with Crippen LogP contribution in [0.15, 0.2) is 47.4 Å². The molecule has 7 nitrogen and oxygen atoms in total. The Morgan fingerprint density at radius 1 is 1.00 bits per heavy atom. The van der Waals surface area contributed by atoms with E-state index in [1.165, 1.54) is 6.07 Å². The van der Waals surface area contributed by atoms with E-state index in [-0.39, 0.29) is 21.6 Å². The number of nitrogens with one attached hydrogen (secondary N) is 1. The maximum atomic E-state index is 12.8. The molecule has 0 amide bonds. The SMILES string of the molecule is CN1CCN(c2ccc(NS(=O)(=O)c3ccc(C(C)(C)C)cc3)cc2C(=O)O)CC1. The topological polar surface area (TPSA) is 90.0 Å². The van der Waals surface area contributed by atoms with E-state index < -0.39 is 16.0 Å². The quantitative estimate of drug-likeness (QED) is 0.755. The number of carboxylic acids is 1. The number of anilines is 2. The number of sulfonamides is 1. The Bertz CT molecular complexity index is 1020. The molecule has 1 fully saturated rings. The van der Waals surface area contributed by atoms with E-state index in [1.807, 2.05) is 11.9 Å². The van der Waals surface area contributed by atoms with E-state index in [0.717, 1.165) is 31.7 Å². The maximum absolute atomic E-state index is 12.8. The first-order valence-corrected chi connectivity index (χ1v) is 11.4. The van der Waals surface area contributed by atoms with E-state index in [0.29, 0.717) is 5.69 Å². The standard InChI is InChI=1S/C22H29N3O4S/c1-22(2,3)16-5-8-18(9-6-16)30(28,29)23-17-7-10-20(19(15-17)21(26)27)25-13-11-24(4)12-14-25/h5-10,15,23H,11-14H2,1-4H3,(H,26,27). The molecule has 1 aliphatic heterocycles. The van der Waals surface area contributed by atoms with Gasteiger partial charge >= 0.3 is 5.97 Å². The van der Waals surface area contributed by atoms with Crippen LogP contribution in [0.25, 0.3) is 0 Å². The van der Waals surface area contributed by atoms with Gasteiger partial charge < -0.3 is 14.9 Å². The number of carbonyl (C=O) groups is 1. The van der Waals surface area contributed by atoms with Crippen LogP contribution in [0.3, 0.4) is 0 Å². The lowest BCUT2D eigenvalue weighted by molar-refractivity contribution is 0.0697. The van der Waals surface area contributed by atoms with Crippen molar-refractivity contribution in [3.05, 3.63) is 53.6 Å². The molecule has 0 radical (unpaired) electrons. The first-order chi connectivity index (χ1) is 14.0. The van der Waals surface area contributed by atoms with Crippen molar-refractivity contribution in [2.75, 3.05) is 42.8 Å². The normalized spacial score (nSPS) is 15.8. The number of piperazine rings is 1. The molecule has 30 heavy (non-hydrogen) atoms. The minimum atomic E-state index is -3.83. The summed E-state index contributed by atoms with van der Waals surface area (Å²) in [5.74, 6) is -1.08. The van der Waals surface area contributed by atoms with Gasteiger partial charge in [0.05, 0.1) is 16.1 Å². The molecule has 0 atom stereocenters. The molecule has 2 aromatic rings. The summed E-state index contributed by atoms with van der Waals surface area (Å²) in [6.45, 7) is 9.32. The van der Waals surface area contributed by atoms with Gasteiger partial charge in [0.15, 0.2) is 0 Å². The van der Waals surface area contributed by atoms with Crippen molar-refractivity contribution >= 4 is 27.4 Å². The van der Waals surface area contributed by atoms with E-state index in [1.54, 1.807) is 36.4 Å². The summed E-state index contributed by atoms with van der Waals surface area (Å²) in [5, 5.41) is 9.68. The van der Waals surface area contributed by atoms with Gasteiger partial charge in [-0.1, -0.05) is 32.9 Å².